The van der Waals surface area contributed by atoms with E-state index in [1.54, 1.807) is 30.7 Å². The summed E-state index contributed by atoms with van der Waals surface area (Å²) in [6.45, 7) is 0. The third-order valence-corrected chi connectivity index (χ3v) is 1.94. The average molecular weight is 215 g/mol. The Hall–Kier alpha value is -2.23. The third kappa shape index (κ3) is 2.88. The van der Waals surface area contributed by atoms with Crippen LogP contribution in [0.1, 0.15) is 5.56 Å². The molecule has 0 amide bonds. The van der Waals surface area contributed by atoms with E-state index in [-0.39, 0.29) is 5.82 Å². The Morgan fingerprint density at radius 1 is 1.19 bits per heavy atom. The molecule has 1 aromatic carbocycles. The van der Waals surface area contributed by atoms with Gasteiger partial charge in [0.2, 0.25) is 0 Å². The number of anilines is 1. The van der Waals surface area contributed by atoms with Crippen molar-refractivity contribution < 1.29 is 4.39 Å². The number of nitrogens with one attached hydrogen (secondary N) is 1. The maximum atomic E-state index is 12.6. The fraction of sp³-hybridized carbons (Fsp3) is 0. The summed E-state index contributed by atoms with van der Waals surface area (Å²) in [7, 11) is 0. The smallest absolute Gasteiger partial charge is 0.123 e. The van der Waals surface area contributed by atoms with Crippen LogP contribution in [-0.4, -0.2) is 11.2 Å². The molecule has 0 aliphatic carbocycles. The van der Waals surface area contributed by atoms with Crippen molar-refractivity contribution in [2.45, 2.75) is 0 Å². The van der Waals surface area contributed by atoms with E-state index in [4.69, 9.17) is 0 Å². The first-order valence-electron chi connectivity index (χ1n) is 4.79. The van der Waals surface area contributed by atoms with Gasteiger partial charge in [-0.05, 0) is 30.3 Å². The highest BCUT2D eigenvalue weighted by Gasteiger charge is 1.90. The van der Waals surface area contributed by atoms with Gasteiger partial charge in [-0.3, -0.25) is 10.4 Å². The predicted molar refractivity (Wildman–Crippen MR) is 61.9 cm³/mol. The number of hydrogen-bond donors (Lipinski definition) is 1. The SMILES string of the molecule is Fc1ccc(N/N=C\c2cccnc2)cc1. The van der Waals surface area contributed by atoms with E-state index in [0.717, 1.165) is 11.3 Å². The van der Waals surface area contributed by atoms with Crippen LogP contribution in [0.3, 0.4) is 0 Å². The van der Waals surface area contributed by atoms with Crippen LogP contribution in [0, 0.1) is 5.82 Å². The zero-order chi connectivity index (χ0) is 11.2. The number of hydrazone groups is 1. The van der Waals surface area contributed by atoms with Gasteiger partial charge in [0.05, 0.1) is 11.9 Å². The first-order valence-corrected chi connectivity index (χ1v) is 4.79. The molecule has 0 unspecified atom stereocenters. The highest BCUT2D eigenvalue weighted by molar-refractivity contribution is 5.79. The second-order valence-electron chi connectivity index (χ2n) is 3.16. The van der Waals surface area contributed by atoms with E-state index in [9.17, 15) is 4.39 Å². The zero-order valence-corrected chi connectivity index (χ0v) is 8.47. The Labute approximate surface area is 92.7 Å². The van der Waals surface area contributed by atoms with Gasteiger partial charge in [-0.15, -0.1) is 0 Å². The van der Waals surface area contributed by atoms with E-state index in [1.807, 2.05) is 12.1 Å². The van der Waals surface area contributed by atoms with Gasteiger partial charge >= 0.3 is 0 Å². The van der Waals surface area contributed by atoms with Gasteiger partial charge in [0.1, 0.15) is 5.82 Å². The van der Waals surface area contributed by atoms with E-state index >= 15 is 0 Å². The van der Waals surface area contributed by atoms with Crippen LogP contribution in [0.5, 0.6) is 0 Å². The molecular formula is C12H10FN3. The van der Waals surface area contributed by atoms with Crippen molar-refractivity contribution in [2.75, 3.05) is 5.43 Å². The van der Waals surface area contributed by atoms with Crippen LogP contribution in [-0.2, 0) is 0 Å². The van der Waals surface area contributed by atoms with Crippen molar-refractivity contribution in [3.05, 3.63) is 60.2 Å². The first-order chi connectivity index (χ1) is 7.84. The van der Waals surface area contributed by atoms with E-state index < -0.39 is 0 Å². The highest BCUT2D eigenvalue weighted by atomic mass is 19.1. The second-order valence-corrected chi connectivity index (χ2v) is 3.16. The summed E-state index contributed by atoms with van der Waals surface area (Å²) in [5.74, 6) is -0.262. The molecule has 0 bridgehead atoms. The molecule has 2 rings (SSSR count). The molecule has 0 spiro atoms. The maximum absolute atomic E-state index is 12.6. The number of pyridine rings is 1. The molecule has 0 saturated heterocycles. The minimum Gasteiger partial charge on any atom is -0.279 e. The lowest BCUT2D eigenvalue weighted by molar-refractivity contribution is 0.628. The molecule has 4 heteroatoms. The van der Waals surface area contributed by atoms with Crippen molar-refractivity contribution in [2.24, 2.45) is 5.10 Å². The lowest BCUT2D eigenvalue weighted by Gasteiger charge is -1.98. The molecule has 0 saturated carbocycles. The summed E-state index contributed by atoms with van der Waals surface area (Å²) in [5.41, 5.74) is 4.43. The molecule has 1 heterocycles. The minimum atomic E-state index is -0.262. The van der Waals surface area contributed by atoms with Crippen molar-refractivity contribution in [1.29, 1.82) is 0 Å². The second kappa shape index (κ2) is 5.02. The standard InChI is InChI=1S/C12H10FN3/c13-11-3-5-12(6-4-11)16-15-9-10-2-1-7-14-8-10/h1-9,16H/b15-9-. The van der Waals surface area contributed by atoms with Crippen LogP contribution >= 0.6 is 0 Å². The highest BCUT2D eigenvalue weighted by Crippen LogP contribution is 2.07. The molecule has 0 radical (unpaired) electrons. The monoisotopic (exact) mass is 215 g/mol. The third-order valence-electron chi connectivity index (χ3n) is 1.94. The quantitative estimate of drug-likeness (QED) is 0.631. The summed E-state index contributed by atoms with van der Waals surface area (Å²) >= 11 is 0. The van der Waals surface area contributed by atoms with Crippen LogP contribution in [0.2, 0.25) is 0 Å². The summed E-state index contributed by atoms with van der Waals surface area (Å²) < 4.78 is 12.6. The Morgan fingerprint density at radius 3 is 2.69 bits per heavy atom. The lowest BCUT2D eigenvalue weighted by Crippen LogP contribution is -1.90. The number of nitrogens with zero attached hydrogens (tertiary/aromatic N) is 2. The number of benzene rings is 1. The molecule has 0 aliphatic rings. The number of halogens is 1. The van der Waals surface area contributed by atoms with Gasteiger partial charge in [0.25, 0.3) is 0 Å². The molecule has 16 heavy (non-hydrogen) atoms. The van der Waals surface area contributed by atoms with Crippen molar-refractivity contribution in [3.8, 4) is 0 Å². The molecule has 3 nitrogen and oxygen atoms in total. The van der Waals surface area contributed by atoms with Crippen molar-refractivity contribution in [1.82, 2.24) is 4.98 Å². The number of hydrogen-bond acceptors (Lipinski definition) is 3. The Balaban J connectivity index is 1.97. The largest absolute Gasteiger partial charge is 0.279 e. The van der Waals surface area contributed by atoms with Crippen LogP contribution in [0.4, 0.5) is 10.1 Å². The maximum Gasteiger partial charge on any atom is 0.123 e. The summed E-state index contributed by atoms with van der Waals surface area (Å²) in [6, 6.07) is 9.72. The fourth-order valence-corrected chi connectivity index (χ4v) is 1.16. The van der Waals surface area contributed by atoms with Gasteiger partial charge in [0.15, 0.2) is 0 Å². The molecule has 1 aromatic heterocycles. The summed E-state index contributed by atoms with van der Waals surface area (Å²) in [4.78, 5) is 3.95. The number of rotatable bonds is 3. The first kappa shape index (κ1) is 10.3. The molecule has 1 N–H and O–H groups in total. The van der Waals surface area contributed by atoms with Crippen molar-refractivity contribution >= 4 is 11.9 Å². The number of aromatic nitrogens is 1. The topological polar surface area (TPSA) is 37.3 Å². The van der Waals surface area contributed by atoms with Gasteiger partial charge in [-0.1, -0.05) is 6.07 Å². The summed E-state index contributed by atoms with van der Waals surface area (Å²) in [6.07, 6.45) is 5.05. The van der Waals surface area contributed by atoms with Gasteiger partial charge in [0, 0.05) is 18.0 Å². The van der Waals surface area contributed by atoms with Crippen LogP contribution in [0.25, 0.3) is 0 Å². The molecular weight excluding hydrogens is 205 g/mol. The minimum absolute atomic E-state index is 0.262. The average Bonchev–Trinajstić information content (AvgIpc) is 2.33. The Bertz CT molecular complexity index is 465. The zero-order valence-electron chi connectivity index (χ0n) is 8.47. The predicted octanol–water partition coefficient (Wildman–Crippen LogP) is 2.67. The molecule has 80 valence electrons. The fourth-order valence-electron chi connectivity index (χ4n) is 1.16. The van der Waals surface area contributed by atoms with Crippen LogP contribution in [0.15, 0.2) is 53.9 Å². The Morgan fingerprint density at radius 2 is 2.00 bits per heavy atom. The summed E-state index contributed by atoms with van der Waals surface area (Å²) in [5, 5.41) is 4.00. The van der Waals surface area contributed by atoms with E-state index in [0.29, 0.717) is 0 Å². The molecule has 2 aromatic rings. The molecule has 0 aliphatic heterocycles. The van der Waals surface area contributed by atoms with Gasteiger partial charge in [-0.25, -0.2) is 4.39 Å². The van der Waals surface area contributed by atoms with Crippen LogP contribution < -0.4 is 5.43 Å². The van der Waals surface area contributed by atoms with Gasteiger partial charge < -0.3 is 0 Å². The Kier molecular flexibility index (Phi) is 3.23. The molecule has 0 atom stereocenters. The van der Waals surface area contributed by atoms with Gasteiger partial charge in [-0.2, -0.15) is 5.10 Å². The molecule has 0 fully saturated rings. The van der Waals surface area contributed by atoms with E-state index in [2.05, 4.69) is 15.5 Å². The normalized spacial score (nSPS) is 10.6. The lowest BCUT2D eigenvalue weighted by atomic mass is 10.3. The van der Waals surface area contributed by atoms with E-state index in [1.165, 1.54) is 12.1 Å². The van der Waals surface area contributed by atoms with Crippen molar-refractivity contribution in [3.63, 3.8) is 0 Å².